The molecule has 1 heterocycles. The molecule has 0 bridgehead atoms. The van der Waals surface area contributed by atoms with Gasteiger partial charge in [0.1, 0.15) is 48.8 Å². The van der Waals surface area contributed by atoms with E-state index in [1.807, 2.05) is 25.4 Å². The van der Waals surface area contributed by atoms with Gasteiger partial charge in [-0.25, -0.2) is 4.98 Å². The number of H-pyrrole nitrogens is 1. The van der Waals surface area contributed by atoms with Crippen LogP contribution in [-0.4, -0.2) is 152 Å². The molecular formula is C34H58N10O11S2. The molecule has 0 unspecified atom stereocenters. The second-order valence-corrected chi connectivity index (χ2v) is 15.3. The van der Waals surface area contributed by atoms with Crippen LogP contribution in [0.1, 0.15) is 52.7 Å². The number of carboxylic acids is 1. The van der Waals surface area contributed by atoms with Gasteiger partial charge < -0.3 is 63.3 Å². The number of nitrogens with one attached hydrogen (secondary N) is 8. The van der Waals surface area contributed by atoms with Crippen LogP contribution in [0.5, 0.6) is 0 Å². The fourth-order valence-electron chi connectivity index (χ4n) is 5.13. The lowest BCUT2D eigenvalue weighted by Gasteiger charge is -2.28. The predicted molar refractivity (Wildman–Crippen MR) is 212 cm³/mol. The number of aliphatic hydroxyl groups excluding tert-OH is 2. The quantitative estimate of drug-likeness (QED) is 0.0378. The largest absolute Gasteiger partial charge is 0.480 e. The molecule has 23 heteroatoms. The Hall–Kier alpha value is -4.45. The molecule has 0 radical (unpaired) electrons. The fourth-order valence-corrected chi connectivity index (χ4v) is 5.86. The number of hydrogen-bond acceptors (Lipinski definition) is 14. The molecule has 57 heavy (non-hydrogen) atoms. The van der Waals surface area contributed by atoms with Crippen molar-refractivity contribution in [1.29, 1.82) is 0 Å². The third-order valence-electron chi connectivity index (χ3n) is 8.10. The highest BCUT2D eigenvalue weighted by Crippen LogP contribution is 2.11. The molecule has 0 aliphatic carbocycles. The van der Waals surface area contributed by atoms with Gasteiger partial charge in [0.2, 0.25) is 41.4 Å². The number of aromatic amines is 1. The Balaban J connectivity index is 3.30. The minimum Gasteiger partial charge on any atom is -0.480 e. The van der Waals surface area contributed by atoms with Crippen molar-refractivity contribution in [1.82, 2.24) is 47.2 Å². The maximum atomic E-state index is 13.9. The number of thioether (sulfide) groups is 1. The van der Waals surface area contributed by atoms with Crippen LogP contribution in [0, 0.1) is 11.8 Å². The maximum absolute atomic E-state index is 13.9. The summed E-state index contributed by atoms with van der Waals surface area (Å²) in [4.78, 5) is 110. The van der Waals surface area contributed by atoms with Crippen LogP contribution in [0.15, 0.2) is 12.5 Å². The number of rotatable bonds is 27. The van der Waals surface area contributed by atoms with Crippen molar-refractivity contribution in [2.45, 2.75) is 95.7 Å². The minimum absolute atomic E-state index is 0.0769. The number of aliphatic carboxylic acids is 1. The number of imidazole rings is 1. The molecule has 0 fully saturated rings. The summed E-state index contributed by atoms with van der Waals surface area (Å²) in [5.41, 5.74) is 6.01. The van der Waals surface area contributed by atoms with E-state index in [9.17, 15) is 48.6 Å². The Morgan fingerprint density at radius 2 is 1.19 bits per heavy atom. The summed E-state index contributed by atoms with van der Waals surface area (Å²) < 4.78 is 0. The second-order valence-electron chi connectivity index (χ2n) is 13.9. The predicted octanol–water partition coefficient (Wildman–Crippen LogP) is -3.85. The number of nitrogens with two attached hydrogens (primary N) is 1. The summed E-state index contributed by atoms with van der Waals surface area (Å²) in [6, 6.07) is -9.02. The maximum Gasteiger partial charge on any atom is 0.322 e. The van der Waals surface area contributed by atoms with Gasteiger partial charge in [0.15, 0.2) is 0 Å². The van der Waals surface area contributed by atoms with Gasteiger partial charge in [0.05, 0.1) is 25.2 Å². The number of thiol groups is 1. The molecule has 0 spiro atoms. The first-order chi connectivity index (χ1) is 26.9. The highest BCUT2D eigenvalue weighted by Gasteiger charge is 2.34. The van der Waals surface area contributed by atoms with Crippen LogP contribution in [0.3, 0.4) is 0 Å². The Bertz CT molecular complexity index is 1490. The Morgan fingerprint density at radius 1 is 0.719 bits per heavy atom. The van der Waals surface area contributed by atoms with Gasteiger partial charge in [0.25, 0.3) is 0 Å². The molecule has 0 saturated heterocycles. The van der Waals surface area contributed by atoms with Gasteiger partial charge in [-0.15, -0.1) is 0 Å². The fraction of sp³-hybridized carbons (Fsp3) is 0.676. The first-order valence-electron chi connectivity index (χ1n) is 18.2. The van der Waals surface area contributed by atoms with Gasteiger partial charge in [-0.05, 0) is 43.1 Å². The molecule has 322 valence electrons. The van der Waals surface area contributed by atoms with Crippen molar-refractivity contribution in [2.24, 2.45) is 17.6 Å². The monoisotopic (exact) mass is 846 g/mol. The summed E-state index contributed by atoms with van der Waals surface area (Å²) in [5.74, 6) is -7.13. The lowest BCUT2D eigenvalue weighted by molar-refractivity contribution is -0.139. The van der Waals surface area contributed by atoms with Crippen molar-refractivity contribution < 1.29 is 53.7 Å². The molecule has 21 nitrogen and oxygen atoms in total. The van der Waals surface area contributed by atoms with Crippen molar-refractivity contribution in [3.8, 4) is 0 Å². The molecule has 0 aliphatic heterocycles. The van der Waals surface area contributed by atoms with Gasteiger partial charge >= 0.3 is 5.97 Å². The van der Waals surface area contributed by atoms with Crippen LogP contribution in [-0.2, 0) is 44.8 Å². The Morgan fingerprint density at radius 3 is 1.65 bits per heavy atom. The highest BCUT2D eigenvalue weighted by molar-refractivity contribution is 7.98. The lowest BCUT2D eigenvalue weighted by Crippen LogP contribution is -2.61. The number of nitrogens with zero attached hydrogens (tertiary/aromatic N) is 1. The second kappa shape index (κ2) is 26.5. The van der Waals surface area contributed by atoms with Gasteiger partial charge in [-0.1, -0.05) is 27.7 Å². The molecular weight excluding hydrogens is 789 g/mol. The summed E-state index contributed by atoms with van der Waals surface area (Å²) >= 11 is 5.55. The molecule has 7 atom stereocenters. The molecule has 1 aromatic heterocycles. The van der Waals surface area contributed by atoms with E-state index >= 15 is 0 Å². The Labute approximate surface area is 340 Å². The zero-order valence-corrected chi connectivity index (χ0v) is 34.4. The van der Waals surface area contributed by atoms with Crippen molar-refractivity contribution >= 4 is 71.7 Å². The van der Waals surface area contributed by atoms with Crippen LogP contribution < -0.4 is 43.0 Å². The molecule has 13 N–H and O–H groups in total. The molecule has 1 aromatic rings. The molecule has 0 saturated carbocycles. The number of aliphatic hydroxyl groups is 2. The molecule has 7 amide bonds. The SMILES string of the molecule is CSCC[C@H](NC(=O)[C@@H](N)CO)C(=O)N[C@@H](CC(C)C)C(=O)N[C@@H](Cc1c[nH]cn1)C(=O)N[C@@H](CC(C)C)C(=O)N[C@@H](CS)C(=O)N[C@@H](CO)C(=O)NCC(=O)O. The summed E-state index contributed by atoms with van der Waals surface area (Å²) in [7, 11) is 0. The van der Waals surface area contributed by atoms with E-state index in [1.54, 1.807) is 13.8 Å². The molecule has 0 aliphatic rings. The summed E-state index contributed by atoms with van der Waals surface area (Å²) in [6.45, 7) is 4.92. The van der Waals surface area contributed by atoms with E-state index in [-0.39, 0.29) is 43.3 Å². The zero-order chi connectivity index (χ0) is 43.2. The number of carbonyl (C=O) groups excluding carboxylic acids is 7. The van der Waals surface area contributed by atoms with E-state index in [1.165, 1.54) is 24.3 Å². The molecule has 1 rings (SSSR count). The van der Waals surface area contributed by atoms with Gasteiger partial charge in [-0.2, -0.15) is 24.4 Å². The van der Waals surface area contributed by atoms with E-state index < -0.39 is 109 Å². The third-order valence-corrected chi connectivity index (χ3v) is 9.11. The minimum atomic E-state index is -1.54. The third kappa shape index (κ3) is 19.0. The van der Waals surface area contributed by atoms with E-state index in [4.69, 9.17) is 10.8 Å². The highest BCUT2D eigenvalue weighted by atomic mass is 32.2. The Kier molecular flexibility index (Phi) is 23.5. The van der Waals surface area contributed by atoms with Crippen molar-refractivity contribution in [3.05, 3.63) is 18.2 Å². The smallest absolute Gasteiger partial charge is 0.322 e. The summed E-state index contributed by atoms with van der Waals surface area (Å²) in [6.07, 6.45) is 4.95. The first-order valence-corrected chi connectivity index (χ1v) is 20.3. The first kappa shape index (κ1) is 50.6. The average Bonchev–Trinajstić information content (AvgIpc) is 3.67. The average molecular weight is 847 g/mol. The van der Waals surface area contributed by atoms with Crippen LogP contribution in [0.25, 0.3) is 0 Å². The standard InChI is InChI=1S/C34H58N10O11S2/c1-17(2)8-22(40-30(51)21(6-7-57-5)39-28(49)20(35)13-45)31(52)42-24(10-19-11-36-16-38-19)33(54)41-23(9-18(3)4)32(53)44-26(15-56)34(55)43-25(14-46)29(50)37-12-27(47)48/h11,16-18,20-26,45-46,56H,6-10,12-15,35H2,1-5H3,(H,36,38)(H,37,50)(H,39,49)(H,40,51)(H,41,54)(H,42,52)(H,43,55)(H,44,53)(H,47,48)/t20-,21-,22-,23-,24-,25-,26-/m0/s1. The van der Waals surface area contributed by atoms with Gasteiger partial charge in [-0.3, -0.25) is 38.4 Å². The normalized spacial score (nSPS) is 14.9. The van der Waals surface area contributed by atoms with E-state index in [0.29, 0.717) is 11.4 Å². The zero-order valence-electron chi connectivity index (χ0n) is 32.7. The number of hydrogen-bond donors (Lipinski definition) is 13. The van der Waals surface area contributed by atoms with Gasteiger partial charge in [0, 0.05) is 18.4 Å². The molecule has 0 aromatic carbocycles. The number of carbonyl (C=O) groups is 8. The van der Waals surface area contributed by atoms with Crippen molar-refractivity contribution in [3.63, 3.8) is 0 Å². The van der Waals surface area contributed by atoms with Crippen LogP contribution in [0.4, 0.5) is 0 Å². The number of amides is 7. The number of aromatic nitrogens is 2. The summed E-state index contributed by atoms with van der Waals surface area (Å²) in [5, 5.41) is 45.0. The lowest BCUT2D eigenvalue weighted by atomic mass is 10.00. The van der Waals surface area contributed by atoms with E-state index in [0.717, 1.165) is 0 Å². The van der Waals surface area contributed by atoms with Crippen molar-refractivity contribution in [2.75, 3.05) is 37.5 Å². The topological polar surface area (TPSA) is 336 Å². The van der Waals surface area contributed by atoms with E-state index in [2.05, 4.69) is 54.5 Å². The van der Waals surface area contributed by atoms with Crippen LogP contribution in [0.2, 0.25) is 0 Å². The number of carboxylic acid groups (broad SMARTS) is 1. The van der Waals surface area contributed by atoms with Crippen LogP contribution >= 0.6 is 24.4 Å².